The van der Waals surface area contributed by atoms with Gasteiger partial charge in [-0.2, -0.15) is 0 Å². The van der Waals surface area contributed by atoms with Gasteiger partial charge in [0.25, 0.3) is 0 Å². The second-order valence-corrected chi connectivity index (χ2v) is 17.7. The first kappa shape index (κ1) is 28.3. The number of aryl methyl sites for hydroxylation is 1. The number of aromatic nitrogens is 3. The zero-order valence-corrected chi connectivity index (χ0v) is 28.7. The van der Waals surface area contributed by atoms with Crippen LogP contribution >= 0.6 is 11.3 Å². The zero-order chi connectivity index (χ0) is 32.5. The maximum Gasteiger partial charge on any atom is 0.220 e. The number of hydrogen-bond acceptors (Lipinski definition) is 2. The summed E-state index contributed by atoms with van der Waals surface area (Å²) in [5.41, 5.74) is 6.77. The Morgan fingerprint density at radius 2 is 1.20 bits per heavy atom. The van der Waals surface area contributed by atoms with E-state index >= 15 is 0 Å². The van der Waals surface area contributed by atoms with Gasteiger partial charge in [0.1, 0.15) is 0 Å². The topological polar surface area (TPSA) is 22.2 Å². The summed E-state index contributed by atoms with van der Waals surface area (Å²) in [6.07, 6.45) is 0. The third-order valence-electron chi connectivity index (χ3n) is 10.1. The molecular formula is C44H31N3SSi. The first-order chi connectivity index (χ1) is 24.2. The van der Waals surface area contributed by atoms with Gasteiger partial charge in [0, 0.05) is 25.9 Å². The maximum absolute atomic E-state index is 5.23. The van der Waals surface area contributed by atoms with Crippen molar-refractivity contribution in [2.45, 2.75) is 6.92 Å². The number of rotatable bonds is 5. The molecule has 0 fully saturated rings. The van der Waals surface area contributed by atoms with E-state index in [-0.39, 0.29) is 0 Å². The summed E-state index contributed by atoms with van der Waals surface area (Å²) in [5, 5.41) is 8.16. The van der Waals surface area contributed by atoms with Crippen LogP contribution in [0, 0.1) is 6.92 Å². The first-order valence-electron chi connectivity index (χ1n) is 16.7. The van der Waals surface area contributed by atoms with E-state index in [1.54, 1.807) is 0 Å². The summed E-state index contributed by atoms with van der Waals surface area (Å²) >= 11 is 1.93. The lowest BCUT2D eigenvalue weighted by atomic mass is 10.1. The largest absolute Gasteiger partial charge is 0.278 e. The quantitative estimate of drug-likeness (QED) is 0.134. The van der Waals surface area contributed by atoms with Crippen molar-refractivity contribution in [2.24, 2.45) is 0 Å². The van der Waals surface area contributed by atoms with Crippen LogP contribution in [0.15, 0.2) is 170 Å². The number of para-hydroxylation sites is 2. The highest BCUT2D eigenvalue weighted by atomic mass is 32.1. The summed E-state index contributed by atoms with van der Waals surface area (Å²) in [6.45, 7) is 2.17. The molecule has 0 unspecified atom stereocenters. The molecule has 0 atom stereocenters. The van der Waals surface area contributed by atoms with Crippen LogP contribution in [0.2, 0.25) is 0 Å². The summed E-state index contributed by atoms with van der Waals surface area (Å²) < 4.78 is 7.37. The fourth-order valence-corrected chi connectivity index (χ4v) is 14.6. The number of thiophene rings is 1. The lowest BCUT2D eigenvalue weighted by Crippen LogP contribution is -2.74. The van der Waals surface area contributed by atoms with Crippen molar-refractivity contribution in [3.8, 4) is 5.69 Å². The van der Waals surface area contributed by atoms with E-state index in [0.29, 0.717) is 0 Å². The first-order valence-corrected chi connectivity index (χ1v) is 19.5. The molecule has 0 saturated carbocycles. The average Bonchev–Trinajstić information content (AvgIpc) is 3.82. The molecule has 0 amide bonds. The molecule has 10 aromatic rings. The number of nitrogens with zero attached hydrogens (tertiary/aromatic N) is 3. The molecule has 49 heavy (non-hydrogen) atoms. The molecule has 3 aromatic heterocycles. The van der Waals surface area contributed by atoms with Gasteiger partial charge >= 0.3 is 0 Å². The fourth-order valence-electron chi connectivity index (χ4n) is 8.03. The van der Waals surface area contributed by atoms with E-state index in [2.05, 4.69) is 186 Å². The molecular weight excluding hydrogens is 631 g/mol. The highest BCUT2D eigenvalue weighted by Gasteiger charge is 2.43. The monoisotopic (exact) mass is 661 g/mol. The van der Waals surface area contributed by atoms with Crippen molar-refractivity contribution in [3.05, 3.63) is 175 Å². The van der Waals surface area contributed by atoms with Crippen LogP contribution in [0.1, 0.15) is 5.56 Å². The number of hydrogen-bond donors (Lipinski definition) is 0. The summed E-state index contributed by atoms with van der Waals surface area (Å²) in [7, 11) is -2.88. The maximum atomic E-state index is 5.23. The van der Waals surface area contributed by atoms with Gasteiger partial charge in [-0.1, -0.05) is 127 Å². The van der Waals surface area contributed by atoms with Gasteiger partial charge in [-0.3, -0.25) is 8.97 Å². The molecule has 0 aliphatic heterocycles. The van der Waals surface area contributed by atoms with E-state index in [1.807, 2.05) is 11.3 Å². The standard InChI is InChI=1S/C44H31N3SSi/c1-30-26-27-39-40(28-30)46(44-45-37-22-9-10-23-38(37)47(39)44)31-14-12-19-34(29-31)49(32-15-4-2-5-16-32,33-17-6-3-7-18-33)42-25-13-21-36-35-20-8-11-24-41(35)48-43(36)42/h2-29H,1H3. The number of fused-ring (bicyclic) bond motifs is 8. The van der Waals surface area contributed by atoms with E-state index in [4.69, 9.17) is 4.98 Å². The lowest BCUT2D eigenvalue weighted by Gasteiger charge is -2.35. The predicted octanol–water partition coefficient (Wildman–Crippen LogP) is 8.49. The van der Waals surface area contributed by atoms with E-state index in [0.717, 1.165) is 33.5 Å². The van der Waals surface area contributed by atoms with Crippen molar-refractivity contribution in [1.29, 1.82) is 0 Å². The SMILES string of the molecule is Cc1ccc2c(c1)n(-c1cccc([Si](c3ccccc3)(c3ccccc3)c3cccc4c3sc3ccccc34)c1)c1nc3ccccc3n21. The molecule has 10 rings (SSSR count). The molecule has 0 aliphatic carbocycles. The van der Waals surface area contributed by atoms with Crippen LogP contribution in [0.3, 0.4) is 0 Å². The third-order valence-corrected chi connectivity index (χ3v) is 16.3. The summed E-state index contributed by atoms with van der Waals surface area (Å²) in [5.74, 6) is 0.928. The zero-order valence-electron chi connectivity index (χ0n) is 26.9. The Morgan fingerprint density at radius 1 is 0.531 bits per heavy atom. The molecule has 3 heterocycles. The molecule has 7 aromatic carbocycles. The Bertz CT molecular complexity index is 2810. The summed E-state index contributed by atoms with van der Waals surface area (Å²) in [4.78, 5) is 5.23. The lowest BCUT2D eigenvalue weighted by molar-refractivity contribution is 1.11. The van der Waals surface area contributed by atoms with Crippen molar-refractivity contribution in [2.75, 3.05) is 0 Å². The molecule has 0 N–H and O–H groups in total. The van der Waals surface area contributed by atoms with Gasteiger partial charge in [0.2, 0.25) is 5.78 Å². The Hall–Kier alpha value is -5.75. The molecule has 0 radical (unpaired) electrons. The van der Waals surface area contributed by atoms with Crippen LogP contribution in [0.25, 0.3) is 53.7 Å². The second-order valence-electron chi connectivity index (χ2n) is 12.9. The van der Waals surface area contributed by atoms with Gasteiger partial charge in [-0.05, 0) is 75.7 Å². The molecule has 232 valence electrons. The number of imidazole rings is 2. The predicted molar refractivity (Wildman–Crippen MR) is 211 cm³/mol. The molecule has 3 nitrogen and oxygen atoms in total. The van der Waals surface area contributed by atoms with E-state index in [1.165, 1.54) is 46.5 Å². The van der Waals surface area contributed by atoms with Crippen LogP contribution in [-0.2, 0) is 0 Å². The molecule has 0 aliphatic rings. The minimum absolute atomic E-state index is 0.928. The normalized spacial score (nSPS) is 12.2. The highest BCUT2D eigenvalue weighted by molar-refractivity contribution is 7.30. The van der Waals surface area contributed by atoms with Gasteiger partial charge in [-0.25, -0.2) is 4.98 Å². The number of benzene rings is 7. The summed E-state index contributed by atoms with van der Waals surface area (Å²) in [6, 6.07) is 62.9. The minimum Gasteiger partial charge on any atom is -0.278 e. The fraction of sp³-hybridized carbons (Fsp3) is 0.0227. The molecule has 5 heteroatoms. The Kier molecular flexibility index (Phi) is 6.28. The van der Waals surface area contributed by atoms with Gasteiger partial charge in [0.05, 0.1) is 22.1 Å². The Balaban J connectivity index is 1.34. The van der Waals surface area contributed by atoms with Crippen molar-refractivity contribution < 1.29 is 0 Å². The smallest absolute Gasteiger partial charge is 0.220 e. The van der Waals surface area contributed by atoms with Gasteiger partial charge in [0.15, 0.2) is 8.07 Å². The van der Waals surface area contributed by atoms with Crippen molar-refractivity contribution >= 4 is 88.2 Å². The van der Waals surface area contributed by atoms with Crippen LogP contribution in [-0.4, -0.2) is 22.0 Å². The van der Waals surface area contributed by atoms with Gasteiger partial charge in [-0.15, -0.1) is 11.3 Å². The Labute approximate surface area is 289 Å². The molecule has 0 saturated heterocycles. The van der Waals surface area contributed by atoms with Crippen LogP contribution < -0.4 is 20.7 Å². The second kappa shape index (κ2) is 10.9. The Morgan fingerprint density at radius 3 is 2.02 bits per heavy atom. The van der Waals surface area contributed by atoms with Crippen molar-refractivity contribution in [1.82, 2.24) is 14.0 Å². The minimum atomic E-state index is -2.88. The van der Waals surface area contributed by atoms with E-state index in [9.17, 15) is 0 Å². The van der Waals surface area contributed by atoms with Crippen molar-refractivity contribution in [3.63, 3.8) is 0 Å². The highest BCUT2D eigenvalue weighted by Crippen LogP contribution is 2.34. The van der Waals surface area contributed by atoms with Crippen LogP contribution in [0.4, 0.5) is 0 Å². The van der Waals surface area contributed by atoms with Crippen LogP contribution in [0.5, 0.6) is 0 Å². The third kappa shape index (κ3) is 4.10. The molecule has 0 bridgehead atoms. The molecule has 0 spiro atoms. The van der Waals surface area contributed by atoms with Gasteiger partial charge < -0.3 is 0 Å². The van der Waals surface area contributed by atoms with E-state index < -0.39 is 8.07 Å². The average molecular weight is 662 g/mol.